The van der Waals surface area contributed by atoms with Gasteiger partial charge >= 0.3 is 0 Å². The van der Waals surface area contributed by atoms with Crippen LogP contribution in [0.3, 0.4) is 0 Å². The third-order valence-corrected chi connectivity index (χ3v) is 2.29. The van der Waals surface area contributed by atoms with E-state index in [9.17, 15) is 4.79 Å². The first-order chi connectivity index (χ1) is 5.93. The molecule has 3 heteroatoms. The van der Waals surface area contributed by atoms with E-state index in [1.807, 2.05) is 0 Å². The molecule has 3 nitrogen and oxygen atoms in total. The Labute approximate surface area is 73.7 Å². The average molecular weight is 171 g/mol. The van der Waals surface area contributed by atoms with Crippen molar-refractivity contribution in [3.8, 4) is 0 Å². The molecule has 0 atom stereocenters. The molecule has 0 spiro atoms. The summed E-state index contributed by atoms with van der Waals surface area (Å²) in [7, 11) is 0. The summed E-state index contributed by atoms with van der Waals surface area (Å²) < 4.78 is 4.65. The van der Waals surface area contributed by atoms with Gasteiger partial charge in [0.15, 0.2) is 0 Å². The molecule has 1 rings (SSSR count). The maximum atomic E-state index is 9.87. The molecule has 1 saturated heterocycles. The molecule has 70 valence electrons. The minimum absolute atomic E-state index is 0.526. The van der Waals surface area contributed by atoms with Crippen LogP contribution >= 0.6 is 0 Å². The number of carbonyl (C=O) groups is 1. The fourth-order valence-corrected chi connectivity index (χ4v) is 1.59. The van der Waals surface area contributed by atoms with Gasteiger partial charge in [-0.1, -0.05) is 12.8 Å². The van der Waals surface area contributed by atoms with Gasteiger partial charge in [-0.25, -0.2) is 0 Å². The van der Waals surface area contributed by atoms with Crippen LogP contribution in [0.15, 0.2) is 0 Å². The molecule has 0 radical (unpaired) electrons. The summed E-state index contributed by atoms with van der Waals surface area (Å²) in [5, 5.41) is 0. The molecular formula is C9H17NO2. The van der Waals surface area contributed by atoms with E-state index in [0.717, 1.165) is 6.54 Å². The van der Waals surface area contributed by atoms with Crippen molar-refractivity contribution in [1.29, 1.82) is 0 Å². The summed E-state index contributed by atoms with van der Waals surface area (Å²) in [6, 6.07) is 0. The van der Waals surface area contributed by atoms with E-state index < -0.39 is 0 Å². The molecule has 1 aliphatic rings. The van der Waals surface area contributed by atoms with E-state index in [1.54, 1.807) is 0 Å². The second-order valence-corrected chi connectivity index (χ2v) is 3.22. The molecule has 0 aromatic heterocycles. The largest absolute Gasteiger partial charge is 0.467 e. The van der Waals surface area contributed by atoms with Crippen molar-refractivity contribution < 1.29 is 9.53 Å². The zero-order chi connectivity index (χ0) is 8.65. The summed E-state index contributed by atoms with van der Waals surface area (Å²) in [4.78, 5) is 12.2. The fraction of sp³-hybridized carbons (Fsp3) is 0.889. The zero-order valence-corrected chi connectivity index (χ0v) is 7.50. The third kappa shape index (κ3) is 3.72. The SMILES string of the molecule is O=COCCN1CCCCCC1. The molecule has 1 heterocycles. The van der Waals surface area contributed by atoms with Crippen molar-refractivity contribution in [1.82, 2.24) is 4.90 Å². The Hall–Kier alpha value is -0.570. The molecule has 0 bridgehead atoms. The summed E-state index contributed by atoms with van der Waals surface area (Å²) in [5.41, 5.74) is 0. The molecule has 0 aromatic rings. The van der Waals surface area contributed by atoms with Gasteiger partial charge in [0.2, 0.25) is 0 Å². The number of carbonyl (C=O) groups excluding carboxylic acids is 1. The number of likely N-dealkylation sites (tertiary alicyclic amines) is 1. The topological polar surface area (TPSA) is 29.5 Å². The Morgan fingerprint density at radius 1 is 1.17 bits per heavy atom. The predicted molar refractivity (Wildman–Crippen MR) is 46.9 cm³/mol. The van der Waals surface area contributed by atoms with Crippen molar-refractivity contribution in [3.63, 3.8) is 0 Å². The van der Waals surface area contributed by atoms with Gasteiger partial charge in [-0.05, 0) is 25.9 Å². The van der Waals surface area contributed by atoms with Gasteiger partial charge in [0.05, 0.1) is 0 Å². The summed E-state index contributed by atoms with van der Waals surface area (Å²) in [6.07, 6.45) is 5.29. The molecule has 0 aromatic carbocycles. The van der Waals surface area contributed by atoms with E-state index in [4.69, 9.17) is 0 Å². The highest BCUT2D eigenvalue weighted by Crippen LogP contribution is 2.08. The van der Waals surface area contributed by atoms with E-state index in [2.05, 4.69) is 9.64 Å². The molecule has 12 heavy (non-hydrogen) atoms. The lowest BCUT2D eigenvalue weighted by molar-refractivity contribution is -0.129. The fourth-order valence-electron chi connectivity index (χ4n) is 1.59. The average Bonchev–Trinajstić information content (AvgIpc) is 2.33. The van der Waals surface area contributed by atoms with Gasteiger partial charge in [-0.15, -0.1) is 0 Å². The first-order valence-electron chi connectivity index (χ1n) is 4.71. The molecule has 1 fully saturated rings. The van der Waals surface area contributed by atoms with Crippen LogP contribution in [0.1, 0.15) is 25.7 Å². The van der Waals surface area contributed by atoms with E-state index >= 15 is 0 Å². The molecular weight excluding hydrogens is 154 g/mol. The molecule has 0 N–H and O–H groups in total. The van der Waals surface area contributed by atoms with E-state index in [-0.39, 0.29) is 0 Å². The van der Waals surface area contributed by atoms with Crippen LogP contribution in [0.25, 0.3) is 0 Å². The Bertz CT molecular complexity index is 120. The number of rotatable bonds is 4. The van der Waals surface area contributed by atoms with Crippen molar-refractivity contribution in [2.75, 3.05) is 26.2 Å². The molecule has 0 saturated carbocycles. The van der Waals surface area contributed by atoms with E-state index in [0.29, 0.717) is 13.1 Å². The highest BCUT2D eigenvalue weighted by Gasteiger charge is 2.07. The Morgan fingerprint density at radius 3 is 2.42 bits per heavy atom. The number of nitrogens with zero attached hydrogens (tertiary/aromatic N) is 1. The first-order valence-corrected chi connectivity index (χ1v) is 4.71. The van der Waals surface area contributed by atoms with Crippen molar-refractivity contribution in [2.45, 2.75) is 25.7 Å². The van der Waals surface area contributed by atoms with Crippen molar-refractivity contribution in [3.05, 3.63) is 0 Å². The lowest BCUT2D eigenvalue weighted by Crippen LogP contribution is -2.28. The Balaban J connectivity index is 2.07. The molecule has 0 unspecified atom stereocenters. The molecule has 1 aliphatic heterocycles. The number of hydrogen-bond donors (Lipinski definition) is 0. The highest BCUT2D eigenvalue weighted by molar-refractivity contribution is 5.36. The summed E-state index contributed by atoms with van der Waals surface area (Å²) >= 11 is 0. The zero-order valence-electron chi connectivity index (χ0n) is 7.50. The molecule has 0 amide bonds. The predicted octanol–water partition coefficient (Wildman–Crippen LogP) is 1.04. The van der Waals surface area contributed by atoms with Crippen molar-refractivity contribution >= 4 is 6.47 Å². The maximum Gasteiger partial charge on any atom is 0.293 e. The van der Waals surface area contributed by atoms with Crippen LogP contribution in [-0.4, -0.2) is 37.6 Å². The maximum absolute atomic E-state index is 9.87. The summed E-state index contributed by atoms with van der Waals surface area (Å²) in [6.45, 7) is 4.31. The standard InChI is InChI=1S/C9H17NO2/c11-9-12-8-7-10-5-3-1-2-4-6-10/h9H,1-8H2. The van der Waals surface area contributed by atoms with Gasteiger partial charge in [-0.2, -0.15) is 0 Å². The minimum atomic E-state index is 0.526. The van der Waals surface area contributed by atoms with Gasteiger partial charge in [0.1, 0.15) is 6.61 Å². The second-order valence-electron chi connectivity index (χ2n) is 3.22. The van der Waals surface area contributed by atoms with Crippen LogP contribution < -0.4 is 0 Å². The first kappa shape index (κ1) is 9.52. The third-order valence-electron chi connectivity index (χ3n) is 2.29. The smallest absolute Gasteiger partial charge is 0.293 e. The van der Waals surface area contributed by atoms with Crippen LogP contribution in [-0.2, 0) is 9.53 Å². The van der Waals surface area contributed by atoms with Gasteiger partial charge in [0, 0.05) is 6.54 Å². The van der Waals surface area contributed by atoms with Crippen LogP contribution in [0.4, 0.5) is 0 Å². The molecule has 0 aliphatic carbocycles. The van der Waals surface area contributed by atoms with E-state index in [1.165, 1.54) is 38.8 Å². The quantitative estimate of drug-likeness (QED) is 0.467. The van der Waals surface area contributed by atoms with Crippen LogP contribution in [0.2, 0.25) is 0 Å². The van der Waals surface area contributed by atoms with Gasteiger partial charge < -0.3 is 4.74 Å². The summed E-state index contributed by atoms with van der Waals surface area (Å²) in [5.74, 6) is 0. The minimum Gasteiger partial charge on any atom is -0.467 e. The van der Waals surface area contributed by atoms with Gasteiger partial charge in [-0.3, -0.25) is 9.69 Å². The second kappa shape index (κ2) is 6.00. The van der Waals surface area contributed by atoms with Gasteiger partial charge in [0.25, 0.3) is 6.47 Å². The lowest BCUT2D eigenvalue weighted by atomic mass is 10.2. The normalized spacial score (nSPS) is 20.0. The van der Waals surface area contributed by atoms with Crippen molar-refractivity contribution in [2.24, 2.45) is 0 Å². The van der Waals surface area contributed by atoms with Crippen LogP contribution in [0, 0.1) is 0 Å². The number of hydrogen-bond acceptors (Lipinski definition) is 3. The Kier molecular flexibility index (Phi) is 4.76. The Morgan fingerprint density at radius 2 is 1.83 bits per heavy atom. The highest BCUT2D eigenvalue weighted by atomic mass is 16.5. The number of ether oxygens (including phenoxy) is 1. The van der Waals surface area contributed by atoms with Crippen LogP contribution in [0.5, 0.6) is 0 Å². The lowest BCUT2D eigenvalue weighted by Gasteiger charge is -2.18. The monoisotopic (exact) mass is 171 g/mol.